The Morgan fingerprint density at radius 2 is 1.73 bits per heavy atom. The fourth-order valence-electron chi connectivity index (χ4n) is 1.63. The summed E-state index contributed by atoms with van der Waals surface area (Å²) in [6.07, 6.45) is 5.50. The molecule has 0 bridgehead atoms. The van der Waals surface area contributed by atoms with Crippen molar-refractivity contribution in [3.05, 3.63) is 0 Å². The quantitative estimate of drug-likeness (QED) is 0.620. The van der Waals surface area contributed by atoms with Crippen LogP contribution in [0.25, 0.3) is 0 Å². The molecule has 92 valence electrons. The van der Waals surface area contributed by atoms with Crippen molar-refractivity contribution in [2.45, 2.75) is 71.9 Å². The molecule has 0 amide bonds. The van der Waals surface area contributed by atoms with E-state index in [1.54, 1.807) is 0 Å². The van der Waals surface area contributed by atoms with E-state index >= 15 is 0 Å². The van der Waals surface area contributed by atoms with Crippen LogP contribution in [0.1, 0.15) is 59.8 Å². The summed E-state index contributed by atoms with van der Waals surface area (Å²) in [7, 11) is 0. The van der Waals surface area contributed by atoms with Gasteiger partial charge in [-0.15, -0.1) is 0 Å². The first-order chi connectivity index (χ1) is 7.06. The molecule has 0 aromatic rings. The normalized spacial score (nSPS) is 15.6. The molecule has 0 aromatic carbocycles. The van der Waals surface area contributed by atoms with Gasteiger partial charge in [0.05, 0.1) is 6.10 Å². The zero-order chi connectivity index (χ0) is 11.7. The number of nitrogens with one attached hydrogen (secondary N) is 1. The molecule has 0 fully saturated rings. The maximum atomic E-state index is 9.38. The van der Waals surface area contributed by atoms with E-state index in [-0.39, 0.29) is 6.10 Å². The first-order valence-electron chi connectivity index (χ1n) is 6.47. The van der Waals surface area contributed by atoms with Gasteiger partial charge in [-0.3, -0.25) is 0 Å². The van der Waals surface area contributed by atoms with Crippen LogP contribution >= 0.6 is 0 Å². The molecule has 0 aliphatic rings. The molecule has 0 heterocycles. The van der Waals surface area contributed by atoms with E-state index in [0.717, 1.165) is 25.3 Å². The Kier molecular flexibility index (Phi) is 9.12. The Morgan fingerprint density at radius 3 is 2.27 bits per heavy atom. The molecule has 2 heteroatoms. The van der Waals surface area contributed by atoms with Gasteiger partial charge in [0.1, 0.15) is 0 Å². The van der Waals surface area contributed by atoms with E-state index in [1.807, 2.05) is 6.92 Å². The van der Waals surface area contributed by atoms with Gasteiger partial charge in [0.2, 0.25) is 0 Å². The molecule has 15 heavy (non-hydrogen) atoms. The minimum absolute atomic E-state index is 0.125. The van der Waals surface area contributed by atoms with Gasteiger partial charge >= 0.3 is 0 Å². The number of hydrogen-bond acceptors (Lipinski definition) is 2. The van der Waals surface area contributed by atoms with Crippen LogP contribution in [0.15, 0.2) is 0 Å². The fraction of sp³-hybridized carbons (Fsp3) is 1.00. The summed E-state index contributed by atoms with van der Waals surface area (Å²) < 4.78 is 0. The van der Waals surface area contributed by atoms with Crippen LogP contribution in [0.5, 0.6) is 0 Å². The van der Waals surface area contributed by atoms with Gasteiger partial charge in [-0.2, -0.15) is 0 Å². The zero-order valence-electron chi connectivity index (χ0n) is 10.9. The third-order valence-electron chi connectivity index (χ3n) is 2.86. The van der Waals surface area contributed by atoms with Crippen LogP contribution in [0, 0.1) is 5.92 Å². The molecule has 0 aromatic heterocycles. The molecule has 0 saturated heterocycles. The summed E-state index contributed by atoms with van der Waals surface area (Å²) in [6, 6.07) is 0.591. The van der Waals surface area contributed by atoms with Gasteiger partial charge in [0, 0.05) is 6.04 Å². The summed E-state index contributed by atoms with van der Waals surface area (Å²) in [6.45, 7) is 9.75. The van der Waals surface area contributed by atoms with Crippen molar-refractivity contribution in [1.82, 2.24) is 5.32 Å². The molecule has 0 radical (unpaired) electrons. The van der Waals surface area contributed by atoms with Crippen LogP contribution in [0.4, 0.5) is 0 Å². The predicted molar refractivity (Wildman–Crippen MR) is 67.1 cm³/mol. The fourth-order valence-corrected chi connectivity index (χ4v) is 1.63. The van der Waals surface area contributed by atoms with Crippen molar-refractivity contribution in [3.8, 4) is 0 Å². The smallest absolute Gasteiger partial charge is 0.0549 e. The first-order valence-corrected chi connectivity index (χ1v) is 6.47. The van der Waals surface area contributed by atoms with Crippen molar-refractivity contribution in [1.29, 1.82) is 0 Å². The Labute approximate surface area is 95.5 Å². The first kappa shape index (κ1) is 14.9. The van der Waals surface area contributed by atoms with E-state index in [0.29, 0.717) is 6.04 Å². The molecule has 2 atom stereocenters. The van der Waals surface area contributed by atoms with Crippen LogP contribution in [-0.4, -0.2) is 23.8 Å². The minimum Gasteiger partial charge on any atom is -0.393 e. The van der Waals surface area contributed by atoms with E-state index in [1.165, 1.54) is 19.3 Å². The zero-order valence-corrected chi connectivity index (χ0v) is 10.9. The maximum absolute atomic E-state index is 9.38. The molecule has 0 rings (SSSR count). The molecular formula is C13H29NO. The minimum atomic E-state index is -0.125. The maximum Gasteiger partial charge on any atom is 0.0549 e. The van der Waals surface area contributed by atoms with E-state index < -0.39 is 0 Å². The van der Waals surface area contributed by atoms with Crippen molar-refractivity contribution < 1.29 is 5.11 Å². The lowest BCUT2D eigenvalue weighted by atomic mass is 10.0. The SMILES string of the molecule is CCC(O)CCNC(C)CCCC(C)C. The highest BCUT2D eigenvalue weighted by Crippen LogP contribution is 2.08. The van der Waals surface area contributed by atoms with Crippen molar-refractivity contribution in [2.24, 2.45) is 5.92 Å². The average molecular weight is 215 g/mol. The lowest BCUT2D eigenvalue weighted by Gasteiger charge is -2.15. The van der Waals surface area contributed by atoms with Crippen molar-refractivity contribution in [3.63, 3.8) is 0 Å². The molecular weight excluding hydrogens is 186 g/mol. The van der Waals surface area contributed by atoms with Gasteiger partial charge in [0.15, 0.2) is 0 Å². The molecule has 0 saturated carbocycles. The molecule has 2 nitrogen and oxygen atoms in total. The van der Waals surface area contributed by atoms with E-state index in [2.05, 4.69) is 26.1 Å². The van der Waals surface area contributed by atoms with E-state index in [9.17, 15) is 5.11 Å². The van der Waals surface area contributed by atoms with Crippen LogP contribution < -0.4 is 5.32 Å². The van der Waals surface area contributed by atoms with Crippen molar-refractivity contribution >= 4 is 0 Å². The van der Waals surface area contributed by atoms with Gasteiger partial charge in [-0.05, 0) is 38.6 Å². The Bertz CT molecular complexity index is 136. The monoisotopic (exact) mass is 215 g/mol. The lowest BCUT2D eigenvalue weighted by Crippen LogP contribution is -2.29. The molecule has 2 N–H and O–H groups in total. The second kappa shape index (κ2) is 9.17. The summed E-state index contributed by atoms with van der Waals surface area (Å²) in [5, 5.41) is 12.8. The third-order valence-corrected chi connectivity index (χ3v) is 2.86. The highest BCUT2D eigenvalue weighted by atomic mass is 16.3. The average Bonchev–Trinajstić information content (AvgIpc) is 2.17. The number of rotatable bonds is 9. The summed E-state index contributed by atoms with van der Waals surface area (Å²) in [5.41, 5.74) is 0. The second-order valence-electron chi connectivity index (χ2n) is 5.03. The third kappa shape index (κ3) is 10.2. The largest absolute Gasteiger partial charge is 0.393 e. The van der Waals surface area contributed by atoms with Gasteiger partial charge in [-0.1, -0.05) is 33.6 Å². The summed E-state index contributed by atoms with van der Waals surface area (Å²) >= 11 is 0. The van der Waals surface area contributed by atoms with Gasteiger partial charge in [0.25, 0.3) is 0 Å². The Morgan fingerprint density at radius 1 is 1.07 bits per heavy atom. The Balaban J connectivity index is 3.29. The van der Waals surface area contributed by atoms with Gasteiger partial charge < -0.3 is 10.4 Å². The number of aliphatic hydroxyl groups is 1. The van der Waals surface area contributed by atoms with Gasteiger partial charge in [-0.25, -0.2) is 0 Å². The van der Waals surface area contributed by atoms with Crippen molar-refractivity contribution in [2.75, 3.05) is 6.54 Å². The second-order valence-corrected chi connectivity index (χ2v) is 5.03. The van der Waals surface area contributed by atoms with Crippen LogP contribution in [0.3, 0.4) is 0 Å². The standard InChI is InChI=1S/C13H29NO/c1-5-13(15)9-10-14-12(4)8-6-7-11(2)3/h11-15H,5-10H2,1-4H3. The molecule has 2 unspecified atom stereocenters. The van der Waals surface area contributed by atoms with Crippen LogP contribution in [0.2, 0.25) is 0 Å². The molecule has 0 spiro atoms. The van der Waals surface area contributed by atoms with E-state index in [4.69, 9.17) is 0 Å². The van der Waals surface area contributed by atoms with Crippen LogP contribution in [-0.2, 0) is 0 Å². The molecule has 0 aliphatic heterocycles. The number of aliphatic hydroxyl groups excluding tert-OH is 1. The summed E-state index contributed by atoms with van der Waals surface area (Å²) in [5.74, 6) is 0.819. The highest BCUT2D eigenvalue weighted by molar-refractivity contribution is 4.63. The summed E-state index contributed by atoms with van der Waals surface area (Å²) in [4.78, 5) is 0. The topological polar surface area (TPSA) is 32.3 Å². The Hall–Kier alpha value is -0.0800. The predicted octanol–water partition coefficient (Wildman–Crippen LogP) is 2.95. The molecule has 0 aliphatic carbocycles. The lowest BCUT2D eigenvalue weighted by molar-refractivity contribution is 0.158. The number of hydrogen-bond donors (Lipinski definition) is 2. The highest BCUT2D eigenvalue weighted by Gasteiger charge is 2.04.